The quantitative estimate of drug-likeness (QED) is 0.557. The second-order valence-corrected chi connectivity index (χ2v) is 12.7. The predicted molar refractivity (Wildman–Crippen MR) is 134 cm³/mol. The third-order valence-electron chi connectivity index (χ3n) is 11.1. The summed E-state index contributed by atoms with van der Waals surface area (Å²) >= 11 is 0. The fourth-order valence-corrected chi connectivity index (χ4v) is 9.26. The number of esters is 1. The molecular weight excluding hydrogens is 511 g/mol. The SMILES string of the molecule is CC12C=CC(=O)C=C1C(F)CC1C2C(O)CC2(C)C1(C)CC1CN(Cc3ccc(F)cc3)OC12C(=O)OCF. The minimum Gasteiger partial charge on any atom is -0.432 e. The van der Waals surface area contributed by atoms with E-state index in [1.165, 1.54) is 24.3 Å². The lowest BCUT2D eigenvalue weighted by molar-refractivity contribution is -0.280. The lowest BCUT2D eigenvalue weighted by atomic mass is 9.41. The Hall–Kier alpha value is -2.49. The Morgan fingerprint density at radius 1 is 1.21 bits per heavy atom. The summed E-state index contributed by atoms with van der Waals surface area (Å²) in [6.45, 7) is 5.11. The number of carbonyl (C=O) groups is 2. The van der Waals surface area contributed by atoms with Crippen LogP contribution in [0.25, 0.3) is 0 Å². The Labute approximate surface area is 225 Å². The molecule has 9 heteroatoms. The molecule has 0 bridgehead atoms. The summed E-state index contributed by atoms with van der Waals surface area (Å²) < 4.78 is 47.7. The van der Waals surface area contributed by atoms with E-state index in [-0.39, 0.29) is 42.8 Å². The third kappa shape index (κ3) is 3.45. The molecule has 210 valence electrons. The number of hydrogen-bond donors (Lipinski definition) is 1. The smallest absolute Gasteiger partial charge is 0.343 e. The van der Waals surface area contributed by atoms with Crippen molar-refractivity contribution in [3.05, 3.63) is 59.4 Å². The Morgan fingerprint density at radius 2 is 1.92 bits per heavy atom. The van der Waals surface area contributed by atoms with Crippen LogP contribution in [0.3, 0.4) is 0 Å². The molecule has 6 nitrogen and oxygen atoms in total. The minimum absolute atomic E-state index is 0.108. The van der Waals surface area contributed by atoms with Gasteiger partial charge in [-0.1, -0.05) is 39.0 Å². The first-order chi connectivity index (χ1) is 18.4. The van der Waals surface area contributed by atoms with Gasteiger partial charge in [0, 0.05) is 35.8 Å². The van der Waals surface area contributed by atoms with Gasteiger partial charge in [0.05, 0.1) is 6.10 Å². The van der Waals surface area contributed by atoms with E-state index in [2.05, 4.69) is 0 Å². The summed E-state index contributed by atoms with van der Waals surface area (Å²) in [6.07, 6.45) is 2.99. The Morgan fingerprint density at radius 3 is 2.62 bits per heavy atom. The molecule has 0 radical (unpaired) electrons. The zero-order valence-electron chi connectivity index (χ0n) is 22.3. The summed E-state index contributed by atoms with van der Waals surface area (Å²) in [5, 5.41) is 13.4. The van der Waals surface area contributed by atoms with Gasteiger partial charge in [0.2, 0.25) is 6.86 Å². The second kappa shape index (κ2) is 8.75. The van der Waals surface area contributed by atoms with Crippen molar-refractivity contribution >= 4 is 11.8 Å². The topological polar surface area (TPSA) is 76.1 Å². The van der Waals surface area contributed by atoms with Crippen molar-refractivity contribution in [3.63, 3.8) is 0 Å². The van der Waals surface area contributed by atoms with E-state index in [4.69, 9.17) is 9.57 Å². The largest absolute Gasteiger partial charge is 0.432 e. The fourth-order valence-electron chi connectivity index (χ4n) is 9.26. The number of aliphatic hydroxyl groups is 1. The van der Waals surface area contributed by atoms with E-state index in [0.717, 1.165) is 5.56 Å². The molecule has 1 aromatic rings. The van der Waals surface area contributed by atoms with E-state index in [1.807, 2.05) is 20.8 Å². The molecule has 1 heterocycles. The number of ketones is 1. The van der Waals surface area contributed by atoms with Gasteiger partial charge in [0.25, 0.3) is 0 Å². The van der Waals surface area contributed by atoms with Crippen molar-refractivity contribution in [2.24, 2.45) is 34.0 Å². The van der Waals surface area contributed by atoms with Crippen molar-refractivity contribution in [1.29, 1.82) is 0 Å². The summed E-state index contributed by atoms with van der Waals surface area (Å²) in [4.78, 5) is 32.3. The fraction of sp³-hybridized carbons (Fsp3) is 0.600. The van der Waals surface area contributed by atoms with Crippen LogP contribution in [0.4, 0.5) is 13.2 Å². The highest BCUT2D eigenvalue weighted by molar-refractivity contribution is 6.01. The van der Waals surface area contributed by atoms with Crippen LogP contribution in [0.15, 0.2) is 48.1 Å². The number of nitrogens with zero attached hydrogens (tertiary/aromatic N) is 1. The van der Waals surface area contributed by atoms with Gasteiger partial charge in [-0.2, -0.15) is 5.06 Å². The van der Waals surface area contributed by atoms with Crippen LogP contribution in [-0.4, -0.2) is 53.2 Å². The van der Waals surface area contributed by atoms with Gasteiger partial charge in [-0.05, 0) is 66.0 Å². The van der Waals surface area contributed by atoms with Gasteiger partial charge in [0.1, 0.15) is 12.0 Å². The van der Waals surface area contributed by atoms with Gasteiger partial charge in [-0.15, -0.1) is 0 Å². The van der Waals surface area contributed by atoms with Crippen molar-refractivity contribution in [2.45, 2.75) is 64.5 Å². The number of alkyl halides is 2. The van der Waals surface area contributed by atoms with Crippen LogP contribution in [0.1, 0.15) is 45.6 Å². The minimum atomic E-state index is -1.58. The maximum Gasteiger partial charge on any atom is 0.343 e. The molecule has 4 fully saturated rings. The number of hydrogen-bond acceptors (Lipinski definition) is 6. The summed E-state index contributed by atoms with van der Waals surface area (Å²) in [7, 11) is 0. The first-order valence-corrected chi connectivity index (χ1v) is 13.6. The van der Waals surface area contributed by atoms with E-state index in [0.29, 0.717) is 18.5 Å². The number of ether oxygens (including phenoxy) is 1. The maximum absolute atomic E-state index is 15.8. The average Bonchev–Trinajstić information content (AvgIpc) is 3.32. The molecule has 0 aromatic heterocycles. The number of hydroxylamine groups is 2. The first kappa shape index (κ1) is 26.7. The molecule has 3 saturated carbocycles. The highest BCUT2D eigenvalue weighted by Crippen LogP contribution is 2.76. The normalized spacial score (nSPS) is 44.7. The second-order valence-electron chi connectivity index (χ2n) is 12.7. The molecule has 39 heavy (non-hydrogen) atoms. The van der Waals surface area contributed by atoms with Gasteiger partial charge in [0.15, 0.2) is 11.4 Å². The number of benzene rings is 1. The summed E-state index contributed by atoms with van der Waals surface area (Å²) in [5.41, 5.74) is -2.93. The molecule has 0 spiro atoms. The average molecular weight is 546 g/mol. The van der Waals surface area contributed by atoms with Crippen molar-refractivity contribution in [1.82, 2.24) is 5.06 Å². The van der Waals surface area contributed by atoms with Crippen LogP contribution in [0, 0.1) is 39.8 Å². The third-order valence-corrected chi connectivity index (χ3v) is 11.1. The molecule has 0 amide bonds. The summed E-state index contributed by atoms with van der Waals surface area (Å²) in [5.74, 6) is -2.56. The number of halogens is 3. The Kier molecular flexibility index (Phi) is 6.00. The van der Waals surface area contributed by atoms with Gasteiger partial charge in [-0.3, -0.25) is 9.63 Å². The zero-order valence-corrected chi connectivity index (χ0v) is 22.3. The molecule has 1 aromatic carbocycles. The van der Waals surface area contributed by atoms with E-state index in [1.54, 1.807) is 23.3 Å². The van der Waals surface area contributed by atoms with Crippen LogP contribution in [-0.2, 0) is 25.7 Å². The first-order valence-electron chi connectivity index (χ1n) is 13.6. The van der Waals surface area contributed by atoms with Gasteiger partial charge in [-0.25, -0.2) is 18.0 Å². The monoisotopic (exact) mass is 545 g/mol. The Bertz CT molecular complexity index is 1270. The van der Waals surface area contributed by atoms with E-state index < -0.39 is 52.9 Å². The molecule has 9 atom stereocenters. The molecule has 1 saturated heterocycles. The number of allylic oxidation sites excluding steroid dienone is 4. The molecule has 1 N–H and O–H groups in total. The number of rotatable bonds is 4. The predicted octanol–water partition coefficient (Wildman–Crippen LogP) is 4.62. The van der Waals surface area contributed by atoms with Crippen LogP contribution in [0.2, 0.25) is 0 Å². The van der Waals surface area contributed by atoms with Gasteiger partial charge >= 0.3 is 5.97 Å². The van der Waals surface area contributed by atoms with Crippen molar-refractivity contribution in [2.75, 3.05) is 13.4 Å². The molecule has 4 aliphatic carbocycles. The zero-order chi connectivity index (χ0) is 28.0. The van der Waals surface area contributed by atoms with Crippen LogP contribution in [0.5, 0.6) is 0 Å². The van der Waals surface area contributed by atoms with E-state index >= 15 is 4.39 Å². The molecule has 6 rings (SSSR count). The van der Waals surface area contributed by atoms with Gasteiger partial charge < -0.3 is 9.84 Å². The molecular formula is C30H34F3NO5. The lowest BCUT2D eigenvalue weighted by Crippen LogP contribution is -2.67. The Balaban J connectivity index is 1.41. The van der Waals surface area contributed by atoms with Crippen molar-refractivity contribution < 1.29 is 37.4 Å². The number of fused-ring (bicyclic) bond motifs is 7. The standard InChI is InChI=1S/C30H34F3NO5/c1-27-9-8-20(35)10-21(27)23(33)11-22-25(27)24(36)13-29(3)28(22,2)12-18-15-34(14-17-4-6-19(32)7-5-17)39-30(18,29)26(37)38-16-31/h4-10,18,22-25,36H,11-16H2,1-3H3. The number of carbonyl (C=O) groups excluding carboxylic acids is 2. The molecule has 5 aliphatic rings. The van der Waals surface area contributed by atoms with Crippen molar-refractivity contribution in [3.8, 4) is 0 Å². The summed E-state index contributed by atoms with van der Waals surface area (Å²) in [6, 6.07) is 5.97. The lowest BCUT2D eigenvalue weighted by Gasteiger charge is -2.64. The molecule has 9 unspecified atom stereocenters. The highest BCUT2D eigenvalue weighted by atomic mass is 19.1. The maximum atomic E-state index is 15.8. The van der Waals surface area contributed by atoms with E-state index in [9.17, 15) is 23.5 Å². The van der Waals surface area contributed by atoms with Crippen LogP contribution >= 0.6 is 0 Å². The van der Waals surface area contributed by atoms with Crippen LogP contribution < -0.4 is 0 Å². The number of aliphatic hydroxyl groups excluding tert-OH is 1. The highest BCUT2D eigenvalue weighted by Gasteiger charge is 2.80. The molecule has 1 aliphatic heterocycles.